The second-order valence-electron chi connectivity index (χ2n) is 26.1. The van der Waals surface area contributed by atoms with E-state index in [1.165, 1.54) is 180 Å². The van der Waals surface area contributed by atoms with Crippen molar-refractivity contribution in [2.45, 2.75) is 341 Å². The van der Waals surface area contributed by atoms with Crippen molar-refractivity contribution in [2.24, 2.45) is 0 Å². The lowest BCUT2D eigenvalue weighted by Gasteiger charge is -2.30. The number of allylic oxidation sites excluding steroid dienone is 17. The zero-order valence-corrected chi connectivity index (χ0v) is 59.8. The van der Waals surface area contributed by atoms with Crippen LogP contribution in [0.25, 0.3) is 0 Å². The summed E-state index contributed by atoms with van der Waals surface area (Å²) in [4.78, 5) is 40.2. The van der Waals surface area contributed by atoms with Gasteiger partial charge in [-0.2, -0.15) is 0 Å². The molecular formula is C79H141N2O7P. The minimum absolute atomic E-state index is 0.0283. The fraction of sp³-hybridized carbons (Fsp3) is 0.747. The number of hydrogen-bond acceptors (Lipinski definition) is 7. The molecular weight excluding hydrogens is 1120 g/mol. The fourth-order valence-electron chi connectivity index (χ4n) is 10.4. The third-order valence-corrected chi connectivity index (χ3v) is 17.1. The number of carbonyl (C=O) groups is 2. The number of nitrogens with zero attached hydrogens (tertiary/aromatic N) is 1. The number of esters is 1. The van der Waals surface area contributed by atoms with Gasteiger partial charge in [-0.3, -0.25) is 14.2 Å². The molecule has 0 spiro atoms. The molecule has 9 nitrogen and oxygen atoms in total. The molecule has 0 heterocycles. The van der Waals surface area contributed by atoms with Crippen molar-refractivity contribution in [3.8, 4) is 0 Å². The van der Waals surface area contributed by atoms with Gasteiger partial charge < -0.3 is 28.5 Å². The zero-order chi connectivity index (χ0) is 64.9. The number of unbranched alkanes of at least 4 members (excludes halogenated alkanes) is 35. The van der Waals surface area contributed by atoms with Crippen LogP contribution in [-0.4, -0.2) is 69.4 Å². The van der Waals surface area contributed by atoms with Crippen molar-refractivity contribution in [1.29, 1.82) is 0 Å². The largest absolute Gasteiger partial charge is 0.756 e. The van der Waals surface area contributed by atoms with E-state index in [2.05, 4.69) is 123 Å². The first-order valence-corrected chi connectivity index (χ1v) is 38.7. The van der Waals surface area contributed by atoms with Crippen LogP contribution in [0.15, 0.2) is 109 Å². The van der Waals surface area contributed by atoms with Crippen LogP contribution < -0.4 is 10.2 Å². The minimum Gasteiger partial charge on any atom is -0.756 e. The normalized spacial score (nSPS) is 14.1. The monoisotopic (exact) mass is 1260 g/mol. The van der Waals surface area contributed by atoms with E-state index in [4.69, 9.17) is 13.8 Å². The van der Waals surface area contributed by atoms with Crippen LogP contribution in [0, 0.1) is 0 Å². The Hall–Kier alpha value is -3.33. The summed E-state index contributed by atoms with van der Waals surface area (Å²) in [6.07, 6.45) is 93.6. The number of rotatable bonds is 67. The average molecular weight is 1260 g/mol. The molecule has 0 aromatic carbocycles. The average Bonchev–Trinajstić information content (AvgIpc) is 3.70. The van der Waals surface area contributed by atoms with E-state index in [0.717, 1.165) is 116 Å². The lowest BCUT2D eigenvalue weighted by molar-refractivity contribution is -0.870. The highest BCUT2D eigenvalue weighted by molar-refractivity contribution is 7.45. The number of amides is 1. The first-order chi connectivity index (χ1) is 43.4. The van der Waals surface area contributed by atoms with Gasteiger partial charge in [-0.1, -0.05) is 304 Å². The molecule has 0 aliphatic rings. The van der Waals surface area contributed by atoms with Crippen LogP contribution in [0.5, 0.6) is 0 Å². The number of carbonyl (C=O) groups excluding carboxylic acids is 2. The Morgan fingerprint density at radius 3 is 1.04 bits per heavy atom. The summed E-state index contributed by atoms with van der Waals surface area (Å²) >= 11 is 0. The molecule has 0 saturated heterocycles. The lowest BCUT2D eigenvalue weighted by atomic mass is 10.0. The summed E-state index contributed by atoms with van der Waals surface area (Å²) in [6, 6.07) is -0.900. The van der Waals surface area contributed by atoms with Gasteiger partial charge in [-0.15, -0.1) is 0 Å². The molecule has 0 fully saturated rings. The maximum atomic E-state index is 13.6. The number of hydrogen-bond donors (Lipinski definition) is 1. The van der Waals surface area contributed by atoms with E-state index < -0.39 is 26.6 Å². The summed E-state index contributed by atoms with van der Waals surface area (Å²) in [6.45, 7) is 6.79. The van der Waals surface area contributed by atoms with Crippen LogP contribution in [-0.2, 0) is 27.9 Å². The standard InChI is InChI=1S/C79H141N2O7P/c1-7-10-13-16-19-22-25-27-29-31-33-35-37-39-40-42-43-45-47-49-51-53-56-59-62-65-68-71-78(82)80-76(75-87-89(84,85)86-74-73-81(4,5)6)77(70-67-64-61-58-55-24-21-18-15-12-9-3)88-79(83)72-69-66-63-60-57-54-52-50-48-46-44-41-38-36-34-32-30-28-26-23-20-17-14-11-8-2/h19-20,22-23,27-30,33-36,39-41,44,67,70,76-77H,7-18,21,24-26,31-32,37-38,42-43,45-66,68-69,71-75H2,1-6H3,(H-,80,82,84,85)/b22-19-,23-20-,29-27-,30-28-,35-33-,36-34-,40-39-,44-41-,70-67+. The zero-order valence-electron chi connectivity index (χ0n) is 58.9. The Labute approximate surface area is 551 Å². The molecule has 0 rings (SSSR count). The predicted octanol–water partition coefficient (Wildman–Crippen LogP) is 23.4. The molecule has 0 aromatic rings. The van der Waals surface area contributed by atoms with Gasteiger partial charge in [0.25, 0.3) is 7.82 Å². The summed E-state index contributed by atoms with van der Waals surface area (Å²) in [5.74, 6) is -0.549. The molecule has 3 atom stereocenters. The molecule has 514 valence electrons. The van der Waals surface area contributed by atoms with Crippen LogP contribution in [0.3, 0.4) is 0 Å². The summed E-state index contributed by atoms with van der Waals surface area (Å²) < 4.78 is 30.5. The van der Waals surface area contributed by atoms with Crippen molar-refractivity contribution >= 4 is 19.7 Å². The lowest BCUT2D eigenvalue weighted by Crippen LogP contribution is -2.47. The quantitative estimate of drug-likeness (QED) is 0.0212. The highest BCUT2D eigenvalue weighted by Crippen LogP contribution is 2.38. The predicted molar refractivity (Wildman–Crippen MR) is 385 cm³/mol. The highest BCUT2D eigenvalue weighted by atomic mass is 31.2. The van der Waals surface area contributed by atoms with Gasteiger partial charge in [0, 0.05) is 12.8 Å². The third kappa shape index (κ3) is 68.9. The smallest absolute Gasteiger partial charge is 0.306 e. The number of ether oxygens (including phenoxy) is 1. The van der Waals surface area contributed by atoms with Crippen LogP contribution in [0.1, 0.15) is 329 Å². The Bertz CT molecular complexity index is 1890. The maximum Gasteiger partial charge on any atom is 0.306 e. The van der Waals surface area contributed by atoms with Crippen molar-refractivity contribution in [1.82, 2.24) is 5.32 Å². The second kappa shape index (κ2) is 67.6. The first kappa shape index (κ1) is 85.7. The molecule has 0 aliphatic heterocycles. The minimum atomic E-state index is -4.71. The van der Waals surface area contributed by atoms with Gasteiger partial charge in [-0.25, -0.2) is 0 Å². The molecule has 0 saturated carbocycles. The number of phosphoric acid groups is 1. The Morgan fingerprint density at radius 2 is 0.685 bits per heavy atom. The van der Waals surface area contributed by atoms with E-state index >= 15 is 0 Å². The van der Waals surface area contributed by atoms with Crippen LogP contribution in [0.4, 0.5) is 0 Å². The van der Waals surface area contributed by atoms with E-state index in [-0.39, 0.29) is 24.9 Å². The SMILES string of the molecule is CCCCC/C=C\C/C=C\C/C=C\C/C=C\CCCCCCCCCCCCCC(=O)NC(COP(=O)([O-])OCC[N+](C)(C)C)C(/C=C/CCCCCCCCCCC)OC(=O)CCCCCCCCCCC/C=C\C/C=C\C/C=C\C/C=C\CCCCC. The summed E-state index contributed by atoms with van der Waals surface area (Å²) in [5, 5.41) is 3.04. The van der Waals surface area contributed by atoms with Crippen LogP contribution >= 0.6 is 7.82 Å². The number of phosphoric ester groups is 1. The van der Waals surface area contributed by atoms with E-state index in [1.54, 1.807) is 0 Å². The van der Waals surface area contributed by atoms with Gasteiger partial charge in [0.2, 0.25) is 5.91 Å². The van der Waals surface area contributed by atoms with Crippen molar-refractivity contribution < 1.29 is 37.3 Å². The Balaban J connectivity index is 5.00. The molecule has 89 heavy (non-hydrogen) atoms. The van der Waals surface area contributed by atoms with Crippen LogP contribution in [0.2, 0.25) is 0 Å². The first-order valence-electron chi connectivity index (χ1n) is 37.2. The number of likely N-dealkylation sites (N-methyl/N-ethyl adjacent to an activating group) is 1. The fourth-order valence-corrected chi connectivity index (χ4v) is 11.2. The Morgan fingerprint density at radius 1 is 0.393 bits per heavy atom. The molecule has 10 heteroatoms. The van der Waals surface area contributed by atoms with E-state index in [0.29, 0.717) is 17.4 Å². The van der Waals surface area contributed by atoms with Gasteiger partial charge in [0.1, 0.15) is 19.3 Å². The molecule has 1 N–H and O–H groups in total. The molecule has 1 amide bonds. The number of nitrogens with one attached hydrogen (secondary N) is 1. The van der Waals surface area contributed by atoms with E-state index in [9.17, 15) is 19.0 Å². The summed E-state index contributed by atoms with van der Waals surface area (Å²) in [5.41, 5.74) is 0. The highest BCUT2D eigenvalue weighted by Gasteiger charge is 2.27. The summed E-state index contributed by atoms with van der Waals surface area (Å²) in [7, 11) is 1.17. The molecule has 0 aliphatic carbocycles. The third-order valence-electron chi connectivity index (χ3n) is 16.2. The Kier molecular flexibility index (Phi) is 65.0. The van der Waals surface area contributed by atoms with Crippen molar-refractivity contribution in [2.75, 3.05) is 40.9 Å². The van der Waals surface area contributed by atoms with Gasteiger partial charge in [0.05, 0.1) is 33.8 Å². The number of quaternary nitrogens is 1. The second-order valence-corrected chi connectivity index (χ2v) is 27.5. The maximum absolute atomic E-state index is 13.6. The van der Waals surface area contributed by atoms with Crippen molar-refractivity contribution in [3.63, 3.8) is 0 Å². The molecule has 0 aromatic heterocycles. The van der Waals surface area contributed by atoms with Gasteiger partial charge >= 0.3 is 5.97 Å². The topological polar surface area (TPSA) is 114 Å². The van der Waals surface area contributed by atoms with E-state index in [1.807, 2.05) is 33.3 Å². The van der Waals surface area contributed by atoms with Gasteiger partial charge in [-0.05, 0) is 122 Å². The van der Waals surface area contributed by atoms with Crippen molar-refractivity contribution in [3.05, 3.63) is 109 Å². The van der Waals surface area contributed by atoms with Gasteiger partial charge in [0.15, 0.2) is 0 Å². The molecule has 3 unspecified atom stereocenters. The molecule has 0 bridgehead atoms. The molecule has 0 radical (unpaired) electrons.